The van der Waals surface area contributed by atoms with Gasteiger partial charge >= 0.3 is 0 Å². The molecule has 0 radical (unpaired) electrons. The van der Waals surface area contributed by atoms with Crippen LogP contribution in [0.1, 0.15) is 16.7 Å². The van der Waals surface area contributed by atoms with Gasteiger partial charge in [-0.15, -0.1) is 0 Å². The minimum absolute atomic E-state index is 0.118. The molecule has 7 nitrogen and oxygen atoms in total. The van der Waals surface area contributed by atoms with E-state index in [0.717, 1.165) is 16.7 Å². The summed E-state index contributed by atoms with van der Waals surface area (Å²) in [5.74, 6) is -0.559. The zero-order valence-corrected chi connectivity index (χ0v) is 19.9. The van der Waals surface area contributed by atoms with Gasteiger partial charge in [0, 0.05) is 23.0 Å². The van der Waals surface area contributed by atoms with Crippen LogP contribution in [-0.4, -0.2) is 24.4 Å². The monoisotopic (exact) mass is 505 g/mol. The Bertz CT molecular complexity index is 1530. The summed E-state index contributed by atoms with van der Waals surface area (Å²) in [6.45, 7) is 0.224. The van der Waals surface area contributed by atoms with E-state index in [9.17, 15) is 18.3 Å². The number of pyridine rings is 1. The van der Waals surface area contributed by atoms with Crippen LogP contribution in [-0.2, 0) is 27.0 Å². The number of aromatic nitrogens is 1. The van der Waals surface area contributed by atoms with Gasteiger partial charge in [0.25, 0.3) is 5.91 Å². The lowest BCUT2D eigenvalue weighted by Crippen LogP contribution is -2.40. The number of amides is 1. The normalized spacial score (nSPS) is 17.5. The average Bonchev–Trinajstić information content (AvgIpc) is 3.07. The van der Waals surface area contributed by atoms with E-state index in [1.807, 2.05) is 36.4 Å². The second kappa shape index (κ2) is 8.58. The smallest absolute Gasteiger partial charge is 0.268 e. The minimum atomic E-state index is -3.92. The van der Waals surface area contributed by atoms with E-state index >= 15 is 0 Å². The Balaban J connectivity index is 1.51. The van der Waals surface area contributed by atoms with Gasteiger partial charge < -0.3 is 10.0 Å². The number of carbonyl (C=O) groups excluding carboxylic acids is 1. The maximum Gasteiger partial charge on any atom is 0.268 e. The van der Waals surface area contributed by atoms with Crippen LogP contribution in [0.3, 0.4) is 0 Å². The van der Waals surface area contributed by atoms with Gasteiger partial charge in [0.05, 0.1) is 17.1 Å². The molecular formula is C26H20ClN3O4S. The fourth-order valence-corrected chi connectivity index (χ4v) is 4.99. The number of fused-ring (bicyclic) bond motifs is 1. The highest BCUT2D eigenvalue weighted by molar-refractivity contribution is 7.89. The largest absolute Gasteiger partial charge is 0.372 e. The van der Waals surface area contributed by atoms with Crippen molar-refractivity contribution in [1.29, 1.82) is 0 Å². The van der Waals surface area contributed by atoms with E-state index in [1.54, 1.807) is 30.6 Å². The number of halogens is 1. The second-order valence-electron chi connectivity index (χ2n) is 8.27. The molecule has 9 heteroatoms. The number of hydrogen-bond donors (Lipinski definition) is 2. The quantitative estimate of drug-likeness (QED) is 0.428. The number of benzene rings is 3. The van der Waals surface area contributed by atoms with Crippen molar-refractivity contribution in [2.75, 3.05) is 4.90 Å². The van der Waals surface area contributed by atoms with Crippen molar-refractivity contribution < 1.29 is 18.3 Å². The second-order valence-corrected chi connectivity index (χ2v) is 10.3. The van der Waals surface area contributed by atoms with E-state index in [1.165, 1.54) is 29.2 Å². The topological polar surface area (TPSA) is 114 Å². The van der Waals surface area contributed by atoms with Crippen LogP contribution in [0, 0.1) is 0 Å². The van der Waals surface area contributed by atoms with Crippen LogP contribution in [0.25, 0.3) is 11.1 Å². The maximum absolute atomic E-state index is 13.7. The highest BCUT2D eigenvalue weighted by atomic mass is 35.5. The van der Waals surface area contributed by atoms with E-state index < -0.39 is 21.5 Å². The van der Waals surface area contributed by atoms with Crippen LogP contribution in [0.15, 0.2) is 96.2 Å². The molecule has 0 saturated heterocycles. The molecule has 5 rings (SSSR count). The molecule has 0 spiro atoms. The number of nitrogens with zero attached hydrogens (tertiary/aromatic N) is 2. The predicted molar refractivity (Wildman–Crippen MR) is 133 cm³/mol. The molecule has 1 unspecified atom stereocenters. The lowest BCUT2D eigenvalue weighted by atomic mass is 9.87. The van der Waals surface area contributed by atoms with Crippen LogP contribution < -0.4 is 10.0 Å². The molecule has 0 fully saturated rings. The number of aliphatic hydroxyl groups is 1. The Morgan fingerprint density at radius 1 is 0.914 bits per heavy atom. The Kier molecular flexibility index (Phi) is 5.69. The summed E-state index contributed by atoms with van der Waals surface area (Å²) in [6.07, 6.45) is 3.45. The Morgan fingerprint density at radius 2 is 1.54 bits per heavy atom. The first-order valence-electron chi connectivity index (χ1n) is 10.6. The van der Waals surface area contributed by atoms with Gasteiger partial charge in [-0.1, -0.05) is 48.0 Å². The molecule has 176 valence electrons. The summed E-state index contributed by atoms with van der Waals surface area (Å²) >= 11 is 6.21. The highest BCUT2D eigenvalue weighted by Crippen LogP contribution is 2.46. The fraction of sp³-hybridized carbons (Fsp3) is 0.0769. The molecular weight excluding hydrogens is 486 g/mol. The standard InChI is InChI=1S/C26H20ClN3O4S/c27-21-7-10-24-23(15-21)26(32,20-5-8-22(9-6-20)35(28,33)34)25(31)30(24)16-17-1-3-18(4-2-17)19-11-13-29-14-12-19/h1-15,32H,16H2,(H2,28,33,34). The van der Waals surface area contributed by atoms with Gasteiger partial charge in [-0.05, 0) is 64.7 Å². The molecule has 1 aromatic heterocycles. The van der Waals surface area contributed by atoms with Gasteiger partial charge in [-0.2, -0.15) is 0 Å². The predicted octanol–water partition coefficient (Wildman–Crippen LogP) is 3.83. The highest BCUT2D eigenvalue weighted by Gasteiger charge is 2.51. The lowest BCUT2D eigenvalue weighted by Gasteiger charge is -2.24. The summed E-state index contributed by atoms with van der Waals surface area (Å²) in [4.78, 5) is 19.1. The van der Waals surface area contributed by atoms with Gasteiger partial charge in [0.2, 0.25) is 10.0 Å². The van der Waals surface area contributed by atoms with Crippen LogP contribution in [0.5, 0.6) is 0 Å². The SMILES string of the molecule is NS(=O)(=O)c1ccc(C2(O)C(=O)N(Cc3ccc(-c4ccncc4)cc3)c3ccc(Cl)cc32)cc1. The van der Waals surface area contributed by atoms with Gasteiger partial charge in [-0.3, -0.25) is 9.78 Å². The van der Waals surface area contributed by atoms with Crippen molar-refractivity contribution in [2.45, 2.75) is 17.0 Å². The van der Waals surface area contributed by atoms with Crippen LogP contribution in [0.2, 0.25) is 5.02 Å². The fourth-order valence-electron chi connectivity index (χ4n) is 4.30. The number of hydrogen-bond acceptors (Lipinski definition) is 5. The van der Waals surface area contributed by atoms with Gasteiger partial charge in [-0.25, -0.2) is 13.6 Å². The number of carbonyl (C=O) groups is 1. The van der Waals surface area contributed by atoms with Gasteiger partial charge in [0.1, 0.15) is 0 Å². The summed E-state index contributed by atoms with van der Waals surface area (Å²) in [5.41, 5.74) is 1.94. The zero-order valence-electron chi connectivity index (χ0n) is 18.3. The third kappa shape index (κ3) is 4.11. The molecule has 0 bridgehead atoms. The number of primary sulfonamides is 1. The van der Waals surface area contributed by atoms with Crippen molar-refractivity contribution in [3.63, 3.8) is 0 Å². The van der Waals surface area contributed by atoms with Crippen molar-refractivity contribution >= 4 is 33.2 Å². The molecule has 0 saturated carbocycles. The van der Waals surface area contributed by atoms with Gasteiger partial charge in [0.15, 0.2) is 5.60 Å². The molecule has 3 aromatic carbocycles. The average molecular weight is 506 g/mol. The summed E-state index contributed by atoms with van der Waals surface area (Å²) in [6, 6.07) is 21.8. The Morgan fingerprint density at radius 3 is 2.17 bits per heavy atom. The first kappa shape index (κ1) is 23.2. The maximum atomic E-state index is 13.7. The third-order valence-electron chi connectivity index (χ3n) is 6.10. The Hall–Kier alpha value is -3.56. The van der Waals surface area contributed by atoms with Crippen LogP contribution >= 0.6 is 11.6 Å². The van der Waals surface area contributed by atoms with Crippen LogP contribution in [0.4, 0.5) is 5.69 Å². The molecule has 4 aromatic rings. The molecule has 0 aliphatic carbocycles. The molecule has 1 aliphatic rings. The lowest BCUT2D eigenvalue weighted by molar-refractivity contribution is -0.132. The van der Waals surface area contributed by atoms with E-state index in [4.69, 9.17) is 16.7 Å². The van der Waals surface area contributed by atoms with Crippen molar-refractivity contribution in [2.24, 2.45) is 5.14 Å². The summed E-state index contributed by atoms with van der Waals surface area (Å²) in [7, 11) is -3.92. The van der Waals surface area contributed by atoms with Crippen molar-refractivity contribution in [1.82, 2.24) is 4.98 Å². The molecule has 1 atom stereocenters. The first-order chi connectivity index (χ1) is 16.7. The molecule has 3 N–H and O–H groups in total. The summed E-state index contributed by atoms with van der Waals surface area (Å²) in [5, 5.41) is 17.3. The number of anilines is 1. The first-order valence-corrected chi connectivity index (χ1v) is 12.6. The zero-order chi connectivity index (χ0) is 24.8. The number of rotatable bonds is 5. The van der Waals surface area contributed by atoms with E-state index in [-0.39, 0.29) is 17.0 Å². The number of sulfonamides is 1. The van der Waals surface area contributed by atoms with E-state index in [0.29, 0.717) is 16.3 Å². The van der Waals surface area contributed by atoms with Crippen molar-refractivity contribution in [3.05, 3.63) is 113 Å². The minimum Gasteiger partial charge on any atom is -0.372 e. The molecule has 1 aliphatic heterocycles. The third-order valence-corrected chi connectivity index (χ3v) is 7.27. The number of nitrogens with two attached hydrogens (primary N) is 1. The molecule has 2 heterocycles. The summed E-state index contributed by atoms with van der Waals surface area (Å²) < 4.78 is 23.3. The Labute approximate surface area is 207 Å². The molecule has 35 heavy (non-hydrogen) atoms. The van der Waals surface area contributed by atoms with Crippen molar-refractivity contribution in [3.8, 4) is 11.1 Å². The van der Waals surface area contributed by atoms with E-state index in [2.05, 4.69) is 4.98 Å². The molecule has 1 amide bonds.